The Kier molecular flexibility index (Phi) is 6.73. The zero-order chi connectivity index (χ0) is 18.2. The number of ether oxygens (including phenoxy) is 2. The number of hydrogen-bond donors (Lipinski definition) is 1. The van der Waals surface area contributed by atoms with Crippen LogP contribution in [0.3, 0.4) is 0 Å². The first kappa shape index (κ1) is 18.7. The summed E-state index contributed by atoms with van der Waals surface area (Å²) in [6, 6.07) is 3.24. The Morgan fingerprint density at radius 1 is 1.28 bits per heavy atom. The second kappa shape index (κ2) is 9.00. The predicted octanol–water partition coefficient (Wildman–Crippen LogP) is 1.22. The van der Waals surface area contributed by atoms with Gasteiger partial charge in [-0.05, 0) is 25.8 Å². The van der Waals surface area contributed by atoms with E-state index in [1.165, 1.54) is 13.1 Å². The average molecular weight is 349 g/mol. The van der Waals surface area contributed by atoms with Gasteiger partial charge in [0.2, 0.25) is 11.8 Å². The van der Waals surface area contributed by atoms with E-state index in [1.54, 1.807) is 24.0 Å². The summed E-state index contributed by atoms with van der Waals surface area (Å²) in [6.45, 7) is 4.48. The van der Waals surface area contributed by atoms with Crippen molar-refractivity contribution in [2.45, 2.75) is 26.7 Å². The van der Waals surface area contributed by atoms with E-state index in [9.17, 15) is 14.4 Å². The molecule has 1 aliphatic rings. The van der Waals surface area contributed by atoms with Crippen LogP contribution in [0.2, 0.25) is 0 Å². The molecule has 136 valence electrons. The molecular weight excluding hydrogens is 326 g/mol. The number of carbonyl (C=O) groups is 3. The van der Waals surface area contributed by atoms with Crippen LogP contribution in [0.25, 0.3) is 0 Å². The zero-order valence-corrected chi connectivity index (χ0v) is 14.5. The van der Waals surface area contributed by atoms with Crippen molar-refractivity contribution in [3.63, 3.8) is 0 Å². The van der Waals surface area contributed by atoms with Gasteiger partial charge in [0.1, 0.15) is 0 Å². The van der Waals surface area contributed by atoms with Gasteiger partial charge in [0.15, 0.2) is 6.61 Å². The lowest BCUT2D eigenvalue weighted by atomic mass is 9.97. The standard InChI is InChI=1S/C17H23N3O5/c1-3-24-17(23)13-6-8-20(9-7-13)16(22)11-25-15-5-4-14(10-18-15)19-12(2)21/h4-5,10,13H,3,6-9,11H2,1-2H3,(H,19,21). The van der Waals surface area contributed by atoms with Gasteiger partial charge in [-0.2, -0.15) is 0 Å². The molecule has 0 atom stereocenters. The third-order valence-corrected chi connectivity index (χ3v) is 3.87. The Hall–Kier alpha value is -2.64. The number of piperidine rings is 1. The summed E-state index contributed by atoms with van der Waals surface area (Å²) in [5, 5.41) is 2.60. The van der Waals surface area contributed by atoms with E-state index >= 15 is 0 Å². The van der Waals surface area contributed by atoms with E-state index in [1.807, 2.05) is 0 Å². The van der Waals surface area contributed by atoms with Crippen LogP contribution in [-0.4, -0.2) is 54.0 Å². The highest BCUT2D eigenvalue weighted by Gasteiger charge is 2.28. The smallest absolute Gasteiger partial charge is 0.309 e. The number of amides is 2. The molecule has 1 aromatic rings. The van der Waals surface area contributed by atoms with Crippen molar-refractivity contribution >= 4 is 23.5 Å². The van der Waals surface area contributed by atoms with Gasteiger partial charge in [-0.3, -0.25) is 14.4 Å². The Balaban J connectivity index is 1.75. The zero-order valence-electron chi connectivity index (χ0n) is 14.5. The summed E-state index contributed by atoms with van der Waals surface area (Å²) < 4.78 is 10.4. The van der Waals surface area contributed by atoms with E-state index < -0.39 is 0 Å². The van der Waals surface area contributed by atoms with Gasteiger partial charge in [-0.1, -0.05) is 0 Å². The third-order valence-electron chi connectivity index (χ3n) is 3.87. The molecule has 2 heterocycles. The second-order valence-corrected chi connectivity index (χ2v) is 5.76. The number of rotatable bonds is 6. The van der Waals surface area contributed by atoms with Crippen molar-refractivity contribution in [2.75, 3.05) is 31.6 Å². The van der Waals surface area contributed by atoms with E-state index in [0.29, 0.717) is 44.1 Å². The van der Waals surface area contributed by atoms with Crippen LogP contribution in [-0.2, 0) is 19.1 Å². The number of hydrogen-bond acceptors (Lipinski definition) is 6. The average Bonchev–Trinajstić information content (AvgIpc) is 2.61. The maximum absolute atomic E-state index is 12.2. The molecule has 0 spiro atoms. The minimum atomic E-state index is -0.186. The molecule has 2 amide bonds. The Morgan fingerprint density at radius 2 is 2.00 bits per heavy atom. The van der Waals surface area contributed by atoms with Crippen molar-refractivity contribution in [1.29, 1.82) is 0 Å². The summed E-state index contributed by atoms with van der Waals surface area (Å²) in [5.74, 6) is -0.335. The fourth-order valence-electron chi connectivity index (χ4n) is 2.59. The van der Waals surface area contributed by atoms with Gasteiger partial charge in [0, 0.05) is 26.1 Å². The summed E-state index contributed by atoms with van der Waals surface area (Å²) in [4.78, 5) is 40.5. The Labute approximate surface area is 146 Å². The molecule has 2 rings (SSSR count). The number of aromatic nitrogens is 1. The van der Waals surface area contributed by atoms with Crippen LogP contribution < -0.4 is 10.1 Å². The first-order valence-electron chi connectivity index (χ1n) is 8.30. The lowest BCUT2D eigenvalue weighted by molar-refractivity contribution is -0.151. The quantitative estimate of drug-likeness (QED) is 0.776. The molecule has 0 radical (unpaired) electrons. The largest absolute Gasteiger partial charge is 0.468 e. The first-order valence-corrected chi connectivity index (χ1v) is 8.30. The molecule has 8 nitrogen and oxygen atoms in total. The molecule has 0 unspecified atom stereocenters. The van der Waals surface area contributed by atoms with E-state index in [0.717, 1.165) is 0 Å². The van der Waals surface area contributed by atoms with Crippen LogP contribution in [0.4, 0.5) is 5.69 Å². The molecule has 8 heteroatoms. The number of carbonyl (C=O) groups excluding carboxylic acids is 3. The molecule has 1 fully saturated rings. The Morgan fingerprint density at radius 3 is 2.56 bits per heavy atom. The fraction of sp³-hybridized carbons (Fsp3) is 0.529. The highest BCUT2D eigenvalue weighted by Crippen LogP contribution is 2.19. The van der Waals surface area contributed by atoms with Crippen molar-refractivity contribution in [3.05, 3.63) is 18.3 Å². The van der Waals surface area contributed by atoms with Gasteiger partial charge < -0.3 is 19.7 Å². The third kappa shape index (κ3) is 5.74. The fourth-order valence-corrected chi connectivity index (χ4v) is 2.59. The van der Waals surface area contributed by atoms with Crippen molar-refractivity contribution < 1.29 is 23.9 Å². The van der Waals surface area contributed by atoms with Gasteiger partial charge in [0.05, 0.1) is 24.4 Å². The molecule has 0 aliphatic carbocycles. The van der Waals surface area contributed by atoms with Gasteiger partial charge in [-0.15, -0.1) is 0 Å². The minimum absolute atomic E-state index is 0.115. The van der Waals surface area contributed by atoms with Gasteiger partial charge in [-0.25, -0.2) is 4.98 Å². The summed E-state index contributed by atoms with van der Waals surface area (Å²) >= 11 is 0. The maximum atomic E-state index is 12.2. The summed E-state index contributed by atoms with van der Waals surface area (Å²) in [6.07, 6.45) is 2.68. The predicted molar refractivity (Wildman–Crippen MR) is 90.0 cm³/mol. The van der Waals surface area contributed by atoms with Crippen LogP contribution in [0.1, 0.15) is 26.7 Å². The summed E-state index contributed by atoms with van der Waals surface area (Å²) in [5.41, 5.74) is 0.562. The van der Waals surface area contributed by atoms with Crippen LogP contribution in [0, 0.1) is 5.92 Å². The lowest BCUT2D eigenvalue weighted by Gasteiger charge is -2.30. The van der Waals surface area contributed by atoms with Crippen LogP contribution in [0.15, 0.2) is 18.3 Å². The number of likely N-dealkylation sites (tertiary alicyclic amines) is 1. The second-order valence-electron chi connectivity index (χ2n) is 5.76. The first-order chi connectivity index (χ1) is 12.0. The topological polar surface area (TPSA) is 97.8 Å². The van der Waals surface area contributed by atoms with Crippen LogP contribution in [0.5, 0.6) is 5.88 Å². The monoisotopic (exact) mass is 349 g/mol. The minimum Gasteiger partial charge on any atom is -0.468 e. The molecule has 25 heavy (non-hydrogen) atoms. The normalized spacial score (nSPS) is 14.7. The number of nitrogens with zero attached hydrogens (tertiary/aromatic N) is 2. The number of nitrogens with one attached hydrogen (secondary N) is 1. The number of pyridine rings is 1. The van der Waals surface area contributed by atoms with Crippen molar-refractivity contribution in [3.8, 4) is 5.88 Å². The van der Waals surface area contributed by atoms with Crippen molar-refractivity contribution in [1.82, 2.24) is 9.88 Å². The molecule has 1 saturated heterocycles. The molecule has 0 aromatic carbocycles. The highest BCUT2D eigenvalue weighted by molar-refractivity contribution is 5.88. The molecule has 0 saturated carbocycles. The highest BCUT2D eigenvalue weighted by atomic mass is 16.5. The Bertz CT molecular complexity index is 609. The number of esters is 1. The summed E-state index contributed by atoms with van der Waals surface area (Å²) in [7, 11) is 0. The SMILES string of the molecule is CCOC(=O)C1CCN(C(=O)COc2ccc(NC(C)=O)cn2)CC1. The van der Waals surface area contributed by atoms with Gasteiger partial charge in [0.25, 0.3) is 5.91 Å². The molecule has 0 bridgehead atoms. The van der Waals surface area contributed by atoms with Crippen molar-refractivity contribution in [2.24, 2.45) is 5.92 Å². The molecule has 1 aliphatic heterocycles. The maximum Gasteiger partial charge on any atom is 0.309 e. The van der Waals surface area contributed by atoms with E-state index in [-0.39, 0.29) is 30.3 Å². The molecule has 1 N–H and O–H groups in total. The van der Waals surface area contributed by atoms with Gasteiger partial charge >= 0.3 is 5.97 Å². The van der Waals surface area contributed by atoms with Crippen LogP contribution >= 0.6 is 0 Å². The van der Waals surface area contributed by atoms with E-state index in [2.05, 4.69) is 10.3 Å². The molecular formula is C17H23N3O5. The molecule has 1 aromatic heterocycles. The lowest BCUT2D eigenvalue weighted by Crippen LogP contribution is -2.42. The number of anilines is 1. The van der Waals surface area contributed by atoms with E-state index in [4.69, 9.17) is 9.47 Å².